The molecule has 0 rings (SSSR count). The van der Waals surface area contributed by atoms with Gasteiger partial charge in [0.05, 0.1) is 0 Å². The molecule has 0 aromatic heterocycles. The van der Waals surface area contributed by atoms with Crippen molar-refractivity contribution in [2.75, 3.05) is 0 Å². The standard InChI is InChI=1S/C4H6O4.Cu.H3NO/c5-3(6)1-2-4(7)8;;1-2/h1-2H2,(H,5,6)(H,7,8);;2H,1H2/q;+2;/p-2. The molecule has 3 N–H and O–H groups in total. The van der Waals surface area contributed by atoms with Crippen LogP contribution in [-0.4, -0.2) is 17.1 Å². The van der Waals surface area contributed by atoms with Crippen LogP contribution in [0.15, 0.2) is 0 Å². The maximum Gasteiger partial charge on any atom is 2.00 e. The first-order valence-corrected chi connectivity index (χ1v) is 2.28. The van der Waals surface area contributed by atoms with Gasteiger partial charge in [-0.1, -0.05) is 0 Å². The van der Waals surface area contributed by atoms with Crippen LogP contribution in [0.5, 0.6) is 0 Å². The predicted molar refractivity (Wildman–Crippen MR) is 25.2 cm³/mol. The Bertz CT molecular complexity index is 103. The molecule has 0 unspecified atom stereocenters. The molecule has 0 heterocycles. The van der Waals surface area contributed by atoms with Crippen molar-refractivity contribution in [1.82, 2.24) is 0 Å². The van der Waals surface area contributed by atoms with Gasteiger partial charge < -0.3 is 25.0 Å². The quantitative estimate of drug-likeness (QED) is 0.371. The molecule has 6 nitrogen and oxygen atoms in total. The van der Waals surface area contributed by atoms with E-state index >= 15 is 0 Å². The fourth-order valence-electron chi connectivity index (χ4n) is 0.204. The summed E-state index contributed by atoms with van der Waals surface area (Å²) < 4.78 is 0. The van der Waals surface area contributed by atoms with Gasteiger partial charge in [-0.25, -0.2) is 5.90 Å². The Kier molecular flexibility index (Phi) is 18.4. The molecular weight excluding hydrogens is 206 g/mol. The third kappa shape index (κ3) is 26.6. The Morgan fingerprint density at radius 2 is 1.27 bits per heavy atom. The summed E-state index contributed by atoms with van der Waals surface area (Å²) in [5.41, 5.74) is 0. The van der Waals surface area contributed by atoms with Gasteiger partial charge >= 0.3 is 17.1 Å². The van der Waals surface area contributed by atoms with Gasteiger partial charge in [-0.05, 0) is 12.8 Å². The average Bonchev–Trinajstić information content (AvgIpc) is 1.89. The van der Waals surface area contributed by atoms with Crippen LogP contribution >= 0.6 is 0 Å². The van der Waals surface area contributed by atoms with E-state index in [1.807, 2.05) is 0 Å². The molecule has 7 heteroatoms. The zero-order valence-electron chi connectivity index (χ0n) is 5.37. The number of carboxylic acids is 2. The minimum atomic E-state index is -1.37. The van der Waals surface area contributed by atoms with Gasteiger partial charge in [0.15, 0.2) is 0 Å². The molecule has 0 aliphatic carbocycles. The Hall–Kier alpha value is -0.621. The number of hydrogen-bond acceptors (Lipinski definition) is 6. The molecule has 69 valence electrons. The van der Waals surface area contributed by atoms with E-state index < -0.39 is 24.8 Å². The Morgan fingerprint density at radius 1 is 1.09 bits per heavy atom. The molecular formula is C4H7CuNO5. The normalized spacial score (nSPS) is 6.73. The number of carboxylic acid groups (broad SMARTS) is 2. The van der Waals surface area contributed by atoms with Gasteiger partial charge in [-0.2, -0.15) is 0 Å². The number of rotatable bonds is 3. The fourth-order valence-corrected chi connectivity index (χ4v) is 0.204. The third-order valence-corrected chi connectivity index (χ3v) is 0.533. The summed E-state index contributed by atoms with van der Waals surface area (Å²) >= 11 is 0. The molecule has 0 aromatic rings. The average molecular weight is 213 g/mol. The second kappa shape index (κ2) is 12.1. The Labute approximate surface area is 73.4 Å². The van der Waals surface area contributed by atoms with Crippen molar-refractivity contribution in [2.45, 2.75) is 12.8 Å². The Morgan fingerprint density at radius 3 is 1.36 bits per heavy atom. The summed E-state index contributed by atoms with van der Waals surface area (Å²) in [6, 6.07) is 0. The number of carbonyl (C=O) groups excluding carboxylic acids is 2. The van der Waals surface area contributed by atoms with Crippen molar-refractivity contribution in [2.24, 2.45) is 5.90 Å². The summed E-state index contributed by atoms with van der Waals surface area (Å²) in [6.45, 7) is 0. The van der Waals surface area contributed by atoms with Crippen LogP contribution in [0.4, 0.5) is 0 Å². The van der Waals surface area contributed by atoms with Gasteiger partial charge in [0.1, 0.15) is 0 Å². The van der Waals surface area contributed by atoms with Crippen molar-refractivity contribution < 1.29 is 42.1 Å². The largest absolute Gasteiger partial charge is 2.00 e. The van der Waals surface area contributed by atoms with Crippen LogP contribution in [0.2, 0.25) is 0 Å². The minimum absolute atomic E-state index is 0. The first kappa shape index (κ1) is 16.8. The topological polar surface area (TPSA) is 127 Å². The van der Waals surface area contributed by atoms with E-state index in [-0.39, 0.29) is 17.1 Å². The predicted octanol–water partition coefficient (Wildman–Crippen LogP) is -3.40. The molecule has 0 bridgehead atoms. The van der Waals surface area contributed by atoms with Gasteiger partial charge in [-0.3, -0.25) is 0 Å². The number of nitrogens with two attached hydrogens (primary N) is 1. The SMILES string of the molecule is NO.O=C([O-])CCC(=O)[O-].[Cu+2]. The van der Waals surface area contributed by atoms with Crippen molar-refractivity contribution in [3.63, 3.8) is 0 Å². The monoisotopic (exact) mass is 212 g/mol. The first-order valence-electron chi connectivity index (χ1n) is 2.28. The molecule has 0 fully saturated rings. The van der Waals surface area contributed by atoms with E-state index in [0.717, 1.165) is 0 Å². The molecule has 11 heavy (non-hydrogen) atoms. The maximum atomic E-state index is 9.50. The molecule has 0 spiro atoms. The van der Waals surface area contributed by atoms with Crippen molar-refractivity contribution in [1.29, 1.82) is 0 Å². The fraction of sp³-hybridized carbons (Fsp3) is 0.500. The first-order chi connectivity index (χ1) is 4.63. The molecule has 1 radical (unpaired) electrons. The van der Waals surface area contributed by atoms with Crippen LogP contribution in [0.25, 0.3) is 0 Å². The van der Waals surface area contributed by atoms with E-state index in [0.29, 0.717) is 0 Å². The zero-order valence-corrected chi connectivity index (χ0v) is 6.31. The maximum absolute atomic E-state index is 9.50. The summed E-state index contributed by atoms with van der Waals surface area (Å²) in [5.74, 6) is 0.767. The number of hydrogen-bond donors (Lipinski definition) is 2. The van der Waals surface area contributed by atoms with Gasteiger partial charge in [0, 0.05) is 11.9 Å². The van der Waals surface area contributed by atoms with Gasteiger partial charge in [-0.15, -0.1) is 0 Å². The molecule has 0 atom stereocenters. The van der Waals surface area contributed by atoms with Crippen LogP contribution in [0.3, 0.4) is 0 Å². The molecule has 0 aliphatic heterocycles. The van der Waals surface area contributed by atoms with Gasteiger partial charge in [0.2, 0.25) is 0 Å². The van der Waals surface area contributed by atoms with E-state index in [1.165, 1.54) is 0 Å². The molecule has 0 aromatic carbocycles. The second-order valence-corrected chi connectivity index (χ2v) is 1.24. The summed E-state index contributed by atoms with van der Waals surface area (Å²) in [4.78, 5) is 19.0. The van der Waals surface area contributed by atoms with Crippen molar-refractivity contribution in [3.8, 4) is 0 Å². The van der Waals surface area contributed by atoms with Crippen LogP contribution < -0.4 is 16.1 Å². The van der Waals surface area contributed by atoms with Crippen molar-refractivity contribution >= 4 is 11.9 Å². The van der Waals surface area contributed by atoms with E-state index in [2.05, 4.69) is 5.90 Å². The zero-order chi connectivity index (χ0) is 8.57. The smallest absolute Gasteiger partial charge is 0.550 e. The number of aliphatic carboxylic acids is 2. The minimum Gasteiger partial charge on any atom is -0.550 e. The van der Waals surface area contributed by atoms with Crippen LogP contribution in [-0.2, 0) is 26.7 Å². The molecule has 0 amide bonds. The summed E-state index contributed by atoms with van der Waals surface area (Å²) in [6.07, 6.45) is -0.940. The molecule has 0 aliphatic rings. The van der Waals surface area contributed by atoms with E-state index in [1.54, 1.807) is 0 Å². The molecule has 0 saturated heterocycles. The Balaban J connectivity index is -0.000000196. The van der Waals surface area contributed by atoms with Crippen molar-refractivity contribution in [3.05, 3.63) is 0 Å². The van der Waals surface area contributed by atoms with Crippen LogP contribution in [0.1, 0.15) is 12.8 Å². The van der Waals surface area contributed by atoms with E-state index in [9.17, 15) is 19.8 Å². The second-order valence-electron chi connectivity index (χ2n) is 1.24. The van der Waals surface area contributed by atoms with Gasteiger partial charge in [0.25, 0.3) is 0 Å². The number of carbonyl (C=O) groups is 2. The molecule has 0 saturated carbocycles. The third-order valence-electron chi connectivity index (χ3n) is 0.533. The van der Waals surface area contributed by atoms with Crippen LogP contribution in [0, 0.1) is 0 Å². The summed E-state index contributed by atoms with van der Waals surface area (Å²) in [7, 11) is 0. The summed E-state index contributed by atoms with van der Waals surface area (Å²) in [5, 5.41) is 25.5. The van der Waals surface area contributed by atoms with E-state index in [4.69, 9.17) is 5.21 Å².